The number of furan rings is 1. The second kappa shape index (κ2) is 7.37. The highest BCUT2D eigenvalue weighted by atomic mass is 16.5. The van der Waals surface area contributed by atoms with Crippen LogP contribution in [0.25, 0.3) is 6.08 Å². The molecule has 1 aromatic carbocycles. The Balaban J connectivity index is 1.28. The van der Waals surface area contributed by atoms with E-state index in [-0.39, 0.29) is 23.7 Å². The molecule has 2 bridgehead atoms. The summed E-state index contributed by atoms with van der Waals surface area (Å²) >= 11 is 0. The van der Waals surface area contributed by atoms with Crippen molar-refractivity contribution in [3.05, 3.63) is 53.5 Å². The van der Waals surface area contributed by atoms with Gasteiger partial charge in [-0.25, -0.2) is 0 Å². The summed E-state index contributed by atoms with van der Waals surface area (Å²) in [5.74, 6) is 1.28. The number of nitrogens with zero attached hydrogens (tertiary/aromatic N) is 2. The van der Waals surface area contributed by atoms with Gasteiger partial charge in [-0.1, -0.05) is 6.07 Å². The number of piperidine rings is 1. The van der Waals surface area contributed by atoms with Gasteiger partial charge in [-0.3, -0.25) is 9.69 Å². The predicted molar refractivity (Wildman–Crippen MR) is 129 cm³/mol. The molecule has 1 spiro atoms. The normalized spacial score (nSPS) is 35.1. The highest BCUT2D eigenvalue weighted by Gasteiger charge is 2.73. The fourth-order valence-corrected chi connectivity index (χ4v) is 7.67. The fourth-order valence-electron chi connectivity index (χ4n) is 7.67. The van der Waals surface area contributed by atoms with Gasteiger partial charge in [0, 0.05) is 36.8 Å². The van der Waals surface area contributed by atoms with Crippen molar-refractivity contribution in [2.45, 2.75) is 67.7 Å². The minimum atomic E-state index is -0.941. The average Bonchev–Trinajstić information content (AvgIpc) is 3.36. The van der Waals surface area contributed by atoms with E-state index in [1.54, 1.807) is 35.6 Å². The summed E-state index contributed by atoms with van der Waals surface area (Å²) in [6, 6.07) is 5.38. The summed E-state index contributed by atoms with van der Waals surface area (Å²) in [5.41, 5.74) is 1.44. The molecule has 2 aromatic rings. The standard InChI is InChI=1S/C28H32N2O5/c1-29(23(32)7-4-18-9-13-34-16-18)20-8-10-28(33)22-14-19-5-6-21(31)25-24(19)27(28,26(20)35-25)11-12-30(22)15-17-2-3-17/h4-7,9,13,16-17,20,22,26,31,33H,2-3,8,10-12,14-15H2,1H3/b7-4+/t20-,22-,26+,27?,28-/m0/s1. The molecule has 0 radical (unpaired) electrons. The van der Waals surface area contributed by atoms with Crippen molar-refractivity contribution in [3.8, 4) is 11.5 Å². The molecule has 1 saturated heterocycles. The number of aliphatic hydroxyl groups is 1. The zero-order valence-electron chi connectivity index (χ0n) is 20.0. The molecule has 3 heterocycles. The maximum Gasteiger partial charge on any atom is 0.246 e. The first-order valence-electron chi connectivity index (χ1n) is 12.9. The van der Waals surface area contributed by atoms with Gasteiger partial charge in [0.15, 0.2) is 11.5 Å². The highest BCUT2D eigenvalue weighted by molar-refractivity contribution is 5.91. The zero-order chi connectivity index (χ0) is 23.9. The Hall–Kier alpha value is -2.77. The lowest BCUT2D eigenvalue weighted by atomic mass is 9.48. The van der Waals surface area contributed by atoms with E-state index in [1.165, 1.54) is 18.4 Å². The SMILES string of the molecule is CN(C(=O)/C=C/c1ccoc1)[C@H]1CC[C@]2(O)[C@@H]3Cc4ccc(O)c5c4C2(CCN3CC2CC2)[C@@H]1O5. The van der Waals surface area contributed by atoms with E-state index in [9.17, 15) is 15.0 Å². The smallest absolute Gasteiger partial charge is 0.246 e. The summed E-state index contributed by atoms with van der Waals surface area (Å²) in [5, 5.41) is 23.3. The van der Waals surface area contributed by atoms with Crippen LogP contribution in [0.15, 0.2) is 41.2 Å². The maximum absolute atomic E-state index is 13.2. The Labute approximate surface area is 205 Å². The molecule has 2 saturated carbocycles. The predicted octanol–water partition coefficient (Wildman–Crippen LogP) is 3.09. The highest BCUT2D eigenvalue weighted by Crippen LogP contribution is 2.66. The number of likely N-dealkylation sites (tertiary alicyclic amines) is 1. The number of hydrogen-bond acceptors (Lipinski definition) is 6. The minimum Gasteiger partial charge on any atom is -0.504 e. The number of carbonyl (C=O) groups is 1. The van der Waals surface area contributed by atoms with Crippen molar-refractivity contribution in [2.24, 2.45) is 5.92 Å². The molecular formula is C28H32N2O5. The van der Waals surface area contributed by atoms with Gasteiger partial charge < -0.3 is 24.3 Å². The molecular weight excluding hydrogens is 444 g/mol. The molecule has 184 valence electrons. The number of rotatable bonds is 5. The number of likely N-dealkylation sites (N-methyl/N-ethyl adjacent to an activating group) is 1. The van der Waals surface area contributed by atoms with Gasteiger partial charge in [0.05, 0.1) is 29.6 Å². The molecule has 5 atom stereocenters. The molecule has 2 N–H and O–H groups in total. The lowest BCUT2D eigenvalue weighted by Gasteiger charge is -2.64. The molecule has 3 fully saturated rings. The molecule has 1 unspecified atom stereocenters. The van der Waals surface area contributed by atoms with E-state index in [0.717, 1.165) is 43.0 Å². The van der Waals surface area contributed by atoms with Gasteiger partial charge in [0.1, 0.15) is 6.10 Å². The number of aromatic hydroxyl groups is 1. The maximum atomic E-state index is 13.2. The summed E-state index contributed by atoms with van der Waals surface area (Å²) in [7, 11) is 1.82. The Morgan fingerprint density at radius 3 is 2.89 bits per heavy atom. The third-order valence-corrected chi connectivity index (χ3v) is 9.54. The zero-order valence-corrected chi connectivity index (χ0v) is 20.0. The third-order valence-electron chi connectivity index (χ3n) is 9.54. The van der Waals surface area contributed by atoms with Crippen molar-refractivity contribution in [3.63, 3.8) is 0 Å². The summed E-state index contributed by atoms with van der Waals surface area (Å²) in [6.45, 7) is 1.96. The Kier molecular flexibility index (Phi) is 4.53. The van der Waals surface area contributed by atoms with Crippen molar-refractivity contribution in [1.82, 2.24) is 9.80 Å². The topological polar surface area (TPSA) is 86.4 Å². The Morgan fingerprint density at radius 2 is 2.11 bits per heavy atom. The fraction of sp³-hybridized carbons (Fsp3) is 0.536. The van der Waals surface area contributed by atoms with E-state index in [0.29, 0.717) is 18.6 Å². The lowest BCUT2D eigenvalue weighted by Crippen LogP contribution is -2.78. The van der Waals surface area contributed by atoms with Crippen LogP contribution in [0.4, 0.5) is 0 Å². The first-order valence-corrected chi connectivity index (χ1v) is 12.9. The van der Waals surface area contributed by atoms with Gasteiger partial charge in [0.25, 0.3) is 0 Å². The monoisotopic (exact) mass is 476 g/mol. The summed E-state index contributed by atoms with van der Waals surface area (Å²) in [6.07, 6.45) is 11.5. The van der Waals surface area contributed by atoms with Crippen molar-refractivity contribution in [2.75, 3.05) is 20.1 Å². The summed E-state index contributed by atoms with van der Waals surface area (Å²) in [4.78, 5) is 17.5. The lowest BCUT2D eigenvalue weighted by molar-refractivity contribution is -0.200. The molecule has 5 aliphatic rings. The van der Waals surface area contributed by atoms with Crippen molar-refractivity contribution in [1.29, 1.82) is 0 Å². The van der Waals surface area contributed by atoms with Gasteiger partial charge in [-0.2, -0.15) is 0 Å². The number of hydrogen-bond donors (Lipinski definition) is 2. The first-order chi connectivity index (χ1) is 16.9. The van der Waals surface area contributed by atoms with Gasteiger partial charge in [-0.05, 0) is 74.8 Å². The first kappa shape index (κ1) is 21.5. The van der Waals surface area contributed by atoms with E-state index in [2.05, 4.69) is 4.90 Å². The molecule has 1 amide bonds. The number of ether oxygens (including phenoxy) is 1. The second-order valence-corrected chi connectivity index (χ2v) is 11.2. The molecule has 7 nitrogen and oxygen atoms in total. The molecule has 7 heteroatoms. The van der Waals surface area contributed by atoms with Gasteiger partial charge >= 0.3 is 0 Å². The quantitative estimate of drug-likeness (QED) is 0.645. The van der Waals surface area contributed by atoms with Gasteiger partial charge in [-0.15, -0.1) is 0 Å². The number of amides is 1. The van der Waals surface area contributed by atoms with Crippen LogP contribution in [-0.4, -0.2) is 69.8 Å². The Morgan fingerprint density at radius 1 is 1.26 bits per heavy atom. The number of carbonyl (C=O) groups excluding carboxylic acids is 1. The van der Waals surface area contributed by atoms with Crippen LogP contribution in [0.5, 0.6) is 11.5 Å². The molecule has 7 rings (SSSR count). The number of phenolic OH excluding ortho intramolecular Hbond substituents is 1. The van der Waals surface area contributed by atoms with Crippen molar-refractivity contribution >= 4 is 12.0 Å². The van der Waals surface area contributed by atoms with E-state index in [1.807, 2.05) is 19.2 Å². The largest absolute Gasteiger partial charge is 0.504 e. The van der Waals surface area contributed by atoms with Crippen LogP contribution >= 0.6 is 0 Å². The van der Waals surface area contributed by atoms with Crippen LogP contribution in [0, 0.1) is 5.92 Å². The summed E-state index contributed by atoms with van der Waals surface area (Å²) < 4.78 is 11.7. The van der Waals surface area contributed by atoms with Crippen LogP contribution in [0.1, 0.15) is 48.8 Å². The molecule has 3 aliphatic carbocycles. The van der Waals surface area contributed by atoms with Crippen LogP contribution in [0.2, 0.25) is 0 Å². The van der Waals surface area contributed by atoms with Crippen molar-refractivity contribution < 1.29 is 24.2 Å². The van der Waals surface area contributed by atoms with E-state index < -0.39 is 17.1 Å². The molecule has 1 aromatic heterocycles. The van der Waals surface area contributed by atoms with E-state index >= 15 is 0 Å². The Bertz CT molecular complexity index is 1200. The number of phenols is 1. The third kappa shape index (κ3) is 2.88. The number of benzene rings is 1. The van der Waals surface area contributed by atoms with Crippen LogP contribution in [0.3, 0.4) is 0 Å². The van der Waals surface area contributed by atoms with Crippen LogP contribution < -0.4 is 4.74 Å². The second-order valence-electron chi connectivity index (χ2n) is 11.2. The molecule has 35 heavy (non-hydrogen) atoms. The van der Waals surface area contributed by atoms with Crippen LogP contribution in [-0.2, 0) is 16.6 Å². The average molecular weight is 477 g/mol. The van der Waals surface area contributed by atoms with E-state index in [4.69, 9.17) is 9.15 Å². The van der Waals surface area contributed by atoms with Gasteiger partial charge in [0.2, 0.25) is 5.91 Å². The molecule has 2 aliphatic heterocycles. The minimum absolute atomic E-state index is 0.0360.